The fraction of sp³-hybridized carbons (Fsp3) is 0.278. The van der Waals surface area contributed by atoms with Crippen molar-refractivity contribution >= 4 is 5.91 Å². The highest BCUT2D eigenvalue weighted by atomic mass is 16.2. The van der Waals surface area contributed by atoms with Crippen LogP contribution in [0.25, 0.3) is 5.69 Å². The number of carbonyl (C=O) groups excluding carboxylic acids is 1. The van der Waals surface area contributed by atoms with Crippen LogP contribution < -0.4 is 0 Å². The number of nitrogens with zero attached hydrogens (tertiary/aromatic N) is 5. The minimum atomic E-state index is 0.126. The lowest BCUT2D eigenvalue weighted by Crippen LogP contribution is -2.27. The molecular formula is C18H19N5O. The highest BCUT2D eigenvalue weighted by molar-refractivity contribution is 5.79. The van der Waals surface area contributed by atoms with Crippen LogP contribution in [-0.2, 0) is 30.8 Å². The summed E-state index contributed by atoms with van der Waals surface area (Å²) in [5.41, 5.74) is 4.20. The molecule has 0 N–H and O–H groups in total. The highest BCUT2D eigenvalue weighted by Crippen LogP contribution is 2.25. The topological polar surface area (TPSA) is 56.0 Å². The number of aromatic nitrogens is 4. The zero-order chi connectivity index (χ0) is 16.5. The van der Waals surface area contributed by atoms with Crippen molar-refractivity contribution in [1.82, 2.24) is 24.5 Å². The highest BCUT2D eigenvalue weighted by Gasteiger charge is 2.27. The van der Waals surface area contributed by atoms with Gasteiger partial charge in [-0.25, -0.2) is 4.68 Å². The lowest BCUT2D eigenvalue weighted by molar-refractivity contribution is -0.131. The second kappa shape index (κ2) is 5.96. The average molecular weight is 321 g/mol. The summed E-state index contributed by atoms with van der Waals surface area (Å²) in [6.07, 6.45) is 5.97. The summed E-state index contributed by atoms with van der Waals surface area (Å²) in [6.45, 7) is 4.08. The van der Waals surface area contributed by atoms with Crippen LogP contribution in [0, 0.1) is 0 Å². The Hall–Kier alpha value is -2.89. The van der Waals surface area contributed by atoms with Crippen LogP contribution in [0.5, 0.6) is 0 Å². The molecule has 1 aliphatic heterocycles. The summed E-state index contributed by atoms with van der Waals surface area (Å²) in [6, 6.07) is 10.0. The lowest BCUT2D eigenvalue weighted by Gasteiger charge is -2.15. The molecule has 0 fully saturated rings. The van der Waals surface area contributed by atoms with E-state index in [9.17, 15) is 4.79 Å². The summed E-state index contributed by atoms with van der Waals surface area (Å²) >= 11 is 0. The maximum Gasteiger partial charge on any atom is 0.227 e. The Bertz CT molecular complexity index is 865. The van der Waals surface area contributed by atoms with Crippen molar-refractivity contribution in [3.8, 4) is 5.69 Å². The number of rotatable bonds is 4. The summed E-state index contributed by atoms with van der Waals surface area (Å²) in [5.74, 6) is 0.126. The first-order chi connectivity index (χ1) is 11.7. The summed E-state index contributed by atoms with van der Waals surface area (Å²) in [7, 11) is 0. The molecular weight excluding hydrogens is 302 g/mol. The molecule has 0 spiro atoms. The summed E-state index contributed by atoms with van der Waals surface area (Å²) < 4.78 is 3.77. The van der Waals surface area contributed by atoms with E-state index in [0.29, 0.717) is 19.5 Å². The fourth-order valence-electron chi connectivity index (χ4n) is 3.08. The average Bonchev–Trinajstić information content (AvgIpc) is 3.30. The van der Waals surface area contributed by atoms with Crippen molar-refractivity contribution in [2.75, 3.05) is 0 Å². The van der Waals surface area contributed by atoms with E-state index in [4.69, 9.17) is 0 Å². The van der Waals surface area contributed by atoms with Gasteiger partial charge in [-0.15, -0.1) is 0 Å². The molecule has 1 aromatic carbocycles. The van der Waals surface area contributed by atoms with Crippen molar-refractivity contribution in [3.63, 3.8) is 0 Å². The number of fused-ring (bicyclic) bond motifs is 1. The summed E-state index contributed by atoms with van der Waals surface area (Å²) in [5, 5.41) is 8.70. The van der Waals surface area contributed by atoms with Gasteiger partial charge in [-0.05, 0) is 24.6 Å². The number of para-hydroxylation sites is 1. The van der Waals surface area contributed by atoms with Crippen molar-refractivity contribution < 1.29 is 4.79 Å². The van der Waals surface area contributed by atoms with E-state index in [1.165, 1.54) is 0 Å². The predicted octanol–water partition coefficient (Wildman–Crippen LogP) is 2.17. The maximum atomic E-state index is 12.6. The van der Waals surface area contributed by atoms with E-state index in [1.54, 1.807) is 6.20 Å². The van der Waals surface area contributed by atoms with Crippen LogP contribution in [0.1, 0.15) is 23.7 Å². The Morgan fingerprint density at radius 3 is 2.71 bits per heavy atom. The van der Waals surface area contributed by atoms with Crippen LogP contribution in [0.4, 0.5) is 0 Å². The van der Waals surface area contributed by atoms with E-state index >= 15 is 0 Å². The third-order valence-corrected chi connectivity index (χ3v) is 4.38. The van der Waals surface area contributed by atoms with Gasteiger partial charge in [0.05, 0.1) is 36.7 Å². The van der Waals surface area contributed by atoms with E-state index < -0.39 is 0 Å². The molecule has 4 rings (SSSR count). The number of hydrogen-bond acceptors (Lipinski definition) is 3. The molecule has 0 saturated carbocycles. The second-order valence-corrected chi connectivity index (χ2v) is 5.99. The van der Waals surface area contributed by atoms with Gasteiger partial charge in [0.25, 0.3) is 0 Å². The fourth-order valence-corrected chi connectivity index (χ4v) is 3.08. The Morgan fingerprint density at radius 1 is 1.12 bits per heavy atom. The molecule has 0 bridgehead atoms. The first-order valence-electron chi connectivity index (χ1n) is 8.15. The van der Waals surface area contributed by atoms with Crippen LogP contribution in [0.15, 0.2) is 48.9 Å². The zero-order valence-corrected chi connectivity index (χ0v) is 13.6. The zero-order valence-electron chi connectivity index (χ0n) is 13.6. The van der Waals surface area contributed by atoms with Gasteiger partial charge < -0.3 is 4.90 Å². The van der Waals surface area contributed by atoms with E-state index in [2.05, 4.69) is 10.2 Å². The molecule has 6 heteroatoms. The Kier molecular flexibility index (Phi) is 3.65. The quantitative estimate of drug-likeness (QED) is 0.740. The molecule has 0 radical (unpaired) electrons. The van der Waals surface area contributed by atoms with Crippen LogP contribution in [0.3, 0.4) is 0 Å². The first kappa shape index (κ1) is 14.7. The minimum Gasteiger partial charge on any atom is -0.332 e. The Balaban J connectivity index is 1.49. The molecule has 6 nitrogen and oxygen atoms in total. The molecule has 24 heavy (non-hydrogen) atoms. The maximum absolute atomic E-state index is 12.6. The van der Waals surface area contributed by atoms with Gasteiger partial charge in [0.2, 0.25) is 5.91 Å². The molecule has 1 amide bonds. The molecule has 3 aromatic rings. The normalized spacial score (nSPS) is 13.3. The number of carbonyl (C=O) groups is 1. The SMILES string of the molecule is CCn1cc(CC(=O)N2Cc3cnn(-c4ccccc4)c3C2)cn1. The van der Waals surface area contributed by atoms with Crippen molar-refractivity contribution in [2.24, 2.45) is 0 Å². The van der Waals surface area contributed by atoms with Crippen molar-refractivity contribution in [1.29, 1.82) is 0 Å². The number of benzene rings is 1. The Labute approximate surface area is 140 Å². The van der Waals surface area contributed by atoms with Gasteiger partial charge in [-0.1, -0.05) is 18.2 Å². The van der Waals surface area contributed by atoms with Crippen molar-refractivity contribution in [3.05, 3.63) is 65.7 Å². The molecule has 122 valence electrons. The van der Waals surface area contributed by atoms with Gasteiger partial charge in [0, 0.05) is 24.8 Å². The molecule has 3 heterocycles. The third-order valence-electron chi connectivity index (χ3n) is 4.38. The van der Waals surface area contributed by atoms with Gasteiger partial charge in [-0.3, -0.25) is 9.48 Å². The molecule has 0 aliphatic carbocycles. The monoisotopic (exact) mass is 321 g/mol. The minimum absolute atomic E-state index is 0.126. The van der Waals surface area contributed by atoms with Gasteiger partial charge in [0.1, 0.15) is 0 Å². The van der Waals surface area contributed by atoms with Gasteiger partial charge in [0.15, 0.2) is 0 Å². The van der Waals surface area contributed by atoms with Gasteiger partial charge >= 0.3 is 0 Å². The molecule has 0 saturated heterocycles. The van der Waals surface area contributed by atoms with Gasteiger partial charge in [-0.2, -0.15) is 10.2 Å². The number of aryl methyl sites for hydroxylation is 1. The Morgan fingerprint density at radius 2 is 1.96 bits per heavy atom. The number of hydrogen-bond donors (Lipinski definition) is 0. The lowest BCUT2D eigenvalue weighted by atomic mass is 10.2. The van der Waals surface area contributed by atoms with Crippen LogP contribution in [-0.4, -0.2) is 30.4 Å². The van der Waals surface area contributed by atoms with Crippen LogP contribution in [0.2, 0.25) is 0 Å². The van der Waals surface area contributed by atoms with E-state index in [0.717, 1.165) is 29.1 Å². The second-order valence-electron chi connectivity index (χ2n) is 5.99. The third kappa shape index (κ3) is 2.60. The van der Waals surface area contributed by atoms with Crippen molar-refractivity contribution in [2.45, 2.75) is 33.0 Å². The standard InChI is InChI=1S/C18H19N5O/c1-2-22-11-14(9-19-22)8-18(24)21-12-15-10-20-23(17(15)13-21)16-6-4-3-5-7-16/h3-7,9-11H,2,8,12-13H2,1H3. The molecule has 0 unspecified atom stereocenters. The van der Waals surface area contributed by atoms with E-state index in [1.807, 2.05) is 63.9 Å². The smallest absolute Gasteiger partial charge is 0.227 e. The van der Waals surface area contributed by atoms with Crippen LogP contribution >= 0.6 is 0 Å². The molecule has 2 aromatic heterocycles. The van der Waals surface area contributed by atoms with E-state index in [-0.39, 0.29) is 5.91 Å². The first-order valence-corrected chi connectivity index (χ1v) is 8.15. The summed E-state index contributed by atoms with van der Waals surface area (Å²) in [4.78, 5) is 14.5. The molecule has 1 aliphatic rings. The largest absolute Gasteiger partial charge is 0.332 e. The number of amides is 1. The predicted molar refractivity (Wildman–Crippen MR) is 89.4 cm³/mol. The molecule has 0 atom stereocenters.